The number of hydrogen-bond acceptors (Lipinski definition) is 5. The van der Waals surface area contributed by atoms with Crippen LogP contribution in [0.15, 0.2) is 10.6 Å². The van der Waals surface area contributed by atoms with Gasteiger partial charge in [-0.05, 0) is 19.8 Å². The molecule has 0 saturated carbocycles. The molecule has 1 aliphatic heterocycles. The van der Waals surface area contributed by atoms with Gasteiger partial charge in [-0.1, -0.05) is 12.1 Å². The standard InChI is InChI=1S/C14H22N4O3/c1-9(8-15)14(20)18-5-3-11(4-6-18)13(19)16-12-7-10(2)21-17-12/h7,9,11H,3-6,8,15H2,1-2H3,(H,16,17,19). The van der Waals surface area contributed by atoms with E-state index in [0.717, 1.165) is 0 Å². The molecule has 1 saturated heterocycles. The lowest BCUT2D eigenvalue weighted by Gasteiger charge is -2.32. The molecular weight excluding hydrogens is 272 g/mol. The van der Waals surface area contributed by atoms with Crippen LogP contribution in [-0.4, -0.2) is 41.5 Å². The van der Waals surface area contributed by atoms with Gasteiger partial charge in [0.05, 0.1) is 0 Å². The number of aromatic nitrogens is 1. The third-order valence-corrected chi connectivity index (χ3v) is 3.83. The largest absolute Gasteiger partial charge is 0.360 e. The van der Waals surface area contributed by atoms with Gasteiger partial charge in [0, 0.05) is 37.5 Å². The summed E-state index contributed by atoms with van der Waals surface area (Å²) in [5.41, 5.74) is 5.52. The van der Waals surface area contributed by atoms with Gasteiger partial charge in [0.2, 0.25) is 11.8 Å². The van der Waals surface area contributed by atoms with Gasteiger partial charge in [-0.2, -0.15) is 0 Å². The number of rotatable bonds is 4. The Morgan fingerprint density at radius 1 is 1.52 bits per heavy atom. The average molecular weight is 294 g/mol. The number of piperidine rings is 1. The van der Waals surface area contributed by atoms with E-state index >= 15 is 0 Å². The second-order valence-electron chi connectivity index (χ2n) is 5.55. The van der Waals surface area contributed by atoms with Crippen LogP contribution < -0.4 is 11.1 Å². The Labute approximate surface area is 123 Å². The highest BCUT2D eigenvalue weighted by atomic mass is 16.5. The fourth-order valence-corrected chi connectivity index (χ4v) is 2.43. The van der Waals surface area contributed by atoms with Crippen molar-refractivity contribution in [3.63, 3.8) is 0 Å². The van der Waals surface area contributed by atoms with E-state index in [4.69, 9.17) is 10.3 Å². The topological polar surface area (TPSA) is 101 Å². The molecule has 1 atom stereocenters. The number of carbonyl (C=O) groups excluding carboxylic acids is 2. The summed E-state index contributed by atoms with van der Waals surface area (Å²) in [6, 6.07) is 1.68. The van der Waals surface area contributed by atoms with Crippen LogP contribution in [0.4, 0.5) is 5.82 Å². The highest BCUT2D eigenvalue weighted by Crippen LogP contribution is 2.20. The van der Waals surface area contributed by atoms with E-state index in [1.165, 1.54) is 0 Å². The van der Waals surface area contributed by atoms with Crippen molar-refractivity contribution in [3.05, 3.63) is 11.8 Å². The normalized spacial score (nSPS) is 17.6. The number of carbonyl (C=O) groups is 2. The van der Waals surface area contributed by atoms with Crippen molar-refractivity contribution in [1.29, 1.82) is 0 Å². The Balaban J connectivity index is 1.83. The summed E-state index contributed by atoms with van der Waals surface area (Å²) in [6.07, 6.45) is 1.32. The first-order valence-electron chi connectivity index (χ1n) is 7.24. The van der Waals surface area contributed by atoms with Crippen molar-refractivity contribution >= 4 is 17.6 Å². The summed E-state index contributed by atoms with van der Waals surface area (Å²) < 4.78 is 4.91. The zero-order valence-corrected chi connectivity index (χ0v) is 12.5. The van der Waals surface area contributed by atoms with Gasteiger partial charge in [-0.25, -0.2) is 0 Å². The maximum atomic E-state index is 12.1. The monoisotopic (exact) mass is 294 g/mol. The SMILES string of the molecule is Cc1cc(NC(=O)C2CCN(C(=O)C(C)CN)CC2)no1. The fourth-order valence-electron chi connectivity index (χ4n) is 2.43. The minimum atomic E-state index is -0.159. The molecule has 1 aromatic rings. The second kappa shape index (κ2) is 6.71. The van der Waals surface area contributed by atoms with Crippen molar-refractivity contribution in [2.45, 2.75) is 26.7 Å². The molecular formula is C14H22N4O3. The van der Waals surface area contributed by atoms with Crippen molar-refractivity contribution < 1.29 is 14.1 Å². The van der Waals surface area contributed by atoms with Crippen molar-refractivity contribution in [2.24, 2.45) is 17.6 Å². The summed E-state index contributed by atoms with van der Waals surface area (Å²) in [6.45, 7) is 5.14. The molecule has 1 fully saturated rings. The summed E-state index contributed by atoms with van der Waals surface area (Å²) in [4.78, 5) is 25.9. The molecule has 0 bridgehead atoms. The van der Waals surface area contributed by atoms with Crippen LogP contribution >= 0.6 is 0 Å². The smallest absolute Gasteiger partial charge is 0.228 e. The third kappa shape index (κ3) is 3.81. The molecule has 1 aliphatic rings. The average Bonchev–Trinajstić information content (AvgIpc) is 2.90. The molecule has 1 aromatic heterocycles. The van der Waals surface area contributed by atoms with Crippen molar-refractivity contribution in [2.75, 3.05) is 25.0 Å². The number of amides is 2. The van der Waals surface area contributed by atoms with Gasteiger partial charge in [0.15, 0.2) is 5.82 Å². The lowest BCUT2D eigenvalue weighted by Crippen LogP contribution is -2.44. The first-order chi connectivity index (χ1) is 10.0. The molecule has 2 heterocycles. The number of nitrogens with one attached hydrogen (secondary N) is 1. The molecule has 7 nitrogen and oxygen atoms in total. The van der Waals surface area contributed by atoms with E-state index in [-0.39, 0.29) is 23.7 Å². The minimum absolute atomic E-state index is 0.0673. The second-order valence-corrected chi connectivity index (χ2v) is 5.55. The van der Waals surface area contributed by atoms with Crippen LogP contribution in [0, 0.1) is 18.8 Å². The number of nitrogens with two attached hydrogens (primary N) is 1. The molecule has 0 spiro atoms. The predicted molar refractivity (Wildman–Crippen MR) is 77.4 cm³/mol. The fraction of sp³-hybridized carbons (Fsp3) is 0.643. The molecule has 3 N–H and O–H groups in total. The van der Waals surface area contributed by atoms with Crippen LogP contribution in [-0.2, 0) is 9.59 Å². The molecule has 1 unspecified atom stereocenters. The van der Waals surface area contributed by atoms with Crippen LogP contribution in [0.2, 0.25) is 0 Å². The van der Waals surface area contributed by atoms with Gasteiger partial charge >= 0.3 is 0 Å². The zero-order chi connectivity index (χ0) is 15.4. The third-order valence-electron chi connectivity index (χ3n) is 3.83. The Bertz CT molecular complexity index is 506. The van der Waals surface area contributed by atoms with Crippen LogP contribution in [0.1, 0.15) is 25.5 Å². The van der Waals surface area contributed by atoms with E-state index in [1.807, 2.05) is 6.92 Å². The van der Waals surface area contributed by atoms with Gasteiger partial charge in [-0.15, -0.1) is 0 Å². The molecule has 2 amide bonds. The van der Waals surface area contributed by atoms with Crippen LogP contribution in [0.5, 0.6) is 0 Å². The number of aryl methyl sites for hydroxylation is 1. The predicted octanol–water partition coefficient (Wildman–Crippen LogP) is 0.755. The first-order valence-corrected chi connectivity index (χ1v) is 7.24. The maximum Gasteiger partial charge on any atom is 0.228 e. The van der Waals surface area contributed by atoms with Gasteiger partial charge < -0.3 is 20.5 Å². The van der Waals surface area contributed by atoms with Gasteiger partial charge in [-0.3, -0.25) is 9.59 Å². The van der Waals surface area contributed by atoms with E-state index in [2.05, 4.69) is 10.5 Å². The quantitative estimate of drug-likeness (QED) is 0.853. The Hall–Kier alpha value is -1.89. The number of likely N-dealkylation sites (tertiary alicyclic amines) is 1. The van der Waals surface area contributed by atoms with E-state index < -0.39 is 0 Å². The van der Waals surface area contributed by atoms with Crippen molar-refractivity contribution in [3.8, 4) is 0 Å². The minimum Gasteiger partial charge on any atom is -0.360 e. The molecule has 2 rings (SSSR count). The molecule has 7 heteroatoms. The van der Waals surface area contributed by atoms with Crippen LogP contribution in [0.25, 0.3) is 0 Å². The Kier molecular flexibility index (Phi) is 4.95. The molecule has 21 heavy (non-hydrogen) atoms. The Morgan fingerprint density at radius 2 is 2.19 bits per heavy atom. The lowest BCUT2D eigenvalue weighted by atomic mass is 9.95. The molecule has 0 aliphatic carbocycles. The summed E-state index contributed by atoms with van der Waals surface area (Å²) in [5.74, 6) is 0.840. The molecule has 0 aromatic carbocycles. The zero-order valence-electron chi connectivity index (χ0n) is 12.5. The van der Waals surface area contributed by atoms with E-state index in [0.29, 0.717) is 44.1 Å². The first kappa shape index (κ1) is 15.5. The summed E-state index contributed by atoms with van der Waals surface area (Å²) in [5, 5.41) is 6.49. The lowest BCUT2D eigenvalue weighted by molar-refractivity contribution is -0.137. The highest BCUT2D eigenvalue weighted by Gasteiger charge is 2.29. The number of hydrogen-bond donors (Lipinski definition) is 2. The highest BCUT2D eigenvalue weighted by molar-refractivity contribution is 5.91. The maximum absolute atomic E-state index is 12.1. The number of anilines is 1. The molecule has 0 radical (unpaired) electrons. The van der Waals surface area contributed by atoms with Crippen molar-refractivity contribution in [1.82, 2.24) is 10.1 Å². The van der Waals surface area contributed by atoms with Crippen LogP contribution in [0.3, 0.4) is 0 Å². The number of nitrogens with zero attached hydrogens (tertiary/aromatic N) is 2. The van der Waals surface area contributed by atoms with Gasteiger partial charge in [0.25, 0.3) is 0 Å². The van der Waals surface area contributed by atoms with E-state index in [9.17, 15) is 9.59 Å². The molecule has 116 valence electrons. The summed E-state index contributed by atoms with van der Waals surface area (Å²) >= 11 is 0. The summed E-state index contributed by atoms with van der Waals surface area (Å²) in [7, 11) is 0. The van der Waals surface area contributed by atoms with E-state index in [1.54, 1.807) is 17.9 Å². The Morgan fingerprint density at radius 3 is 2.71 bits per heavy atom. The van der Waals surface area contributed by atoms with Gasteiger partial charge in [0.1, 0.15) is 5.76 Å².